The van der Waals surface area contributed by atoms with Gasteiger partial charge in [0.2, 0.25) is 10.0 Å². The summed E-state index contributed by atoms with van der Waals surface area (Å²) >= 11 is 5.74. The SMILES string of the molecule is CC(CCl)CN1CCN(S(C)(=O)=O)CC1. The van der Waals surface area contributed by atoms with Crippen LogP contribution in [0.15, 0.2) is 0 Å². The summed E-state index contributed by atoms with van der Waals surface area (Å²) in [5, 5.41) is 0. The van der Waals surface area contributed by atoms with E-state index in [1.54, 1.807) is 0 Å². The topological polar surface area (TPSA) is 40.6 Å². The Morgan fingerprint density at radius 2 is 1.80 bits per heavy atom. The molecule has 6 heteroatoms. The molecule has 0 aromatic heterocycles. The Morgan fingerprint density at radius 1 is 1.27 bits per heavy atom. The molecule has 90 valence electrons. The standard InChI is InChI=1S/C9H19ClN2O2S/c1-9(7-10)8-11-3-5-12(6-4-11)15(2,13)14/h9H,3-8H2,1-2H3. The molecule has 0 spiro atoms. The van der Waals surface area contributed by atoms with Gasteiger partial charge in [0.1, 0.15) is 0 Å². The van der Waals surface area contributed by atoms with Crippen LogP contribution in [0.5, 0.6) is 0 Å². The predicted molar refractivity (Wildman–Crippen MR) is 62.7 cm³/mol. The van der Waals surface area contributed by atoms with Gasteiger partial charge in [0, 0.05) is 38.6 Å². The van der Waals surface area contributed by atoms with Crippen molar-refractivity contribution in [1.82, 2.24) is 9.21 Å². The van der Waals surface area contributed by atoms with Crippen LogP contribution in [-0.2, 0) is 10.0 Å². The zero-order valence-corrected chi connectivity index (χ0v) is 10.9. The minimum Gasteiger partial charge on any atom is -0.300 e. The maximum Gasteiger partial charge on any atom is 0.211 e. The average molecular weight is 255 g/mol. The van der Waals surface area contributed by atoms with Gasteiger partial charge in [-0.25, -0.2) is 8.42 Å². The van der Waals surface area contributed by atoms with Crippen molar-refractivity contribution < 1.29 is 8.42 Å². The number of nitrogens with zero attached hydrogens (tertiary/aromatic N) is 2. The van der Waals surface area contributed by atoms with Gasteiger partial charge in [0.15, 0.2) is 0 Å². The van der Waals surface area contributed by atoms with E-state index in [9.17, 15) is 8.42 Å². The van der Waals surface area contributed by atoms with Crippen LogP contribution in [0.25, 0.3) is 0 Å². The third-order valence-corrected chi connectivity index (χ3v) is 4.46. The van der Waals surface area contributed by atoms with Crippen LogP contribution in [-0.4, -0.2) is 62.5 Å². The summed E-state index contributed by atoms with van der Waals surface area (Å²) in [5.74, 6) is 1.13. The molecular weight excluding hydrogens is 236 g/mol. The molecule has 4 nitrogen and oxygen atoms in total. The monoisotopic (exact) mass is 254 g/mol. The molecule has 1 heterocycles. The Morgan fingerprint density at radius 3 is 2.20 bits per heavy atom. The van der Waals surface area contributed by atoms with Gasteiger partial charge in [-0.3, -0.25) is 0 Å². The molecule has 0 N–H and O–H groups in total. The third kappa shape index (κ3) is 4.26. The van der Waals surface area contributed by atoms with E-state index in [1.807, 2.05) is 0 Å². The minimum atomic E-state index is -3.00. The van der Waals surface area contributed by atoms with Gasteiger partial charge < -0.3 is 4.90 Å². The van der Waals surface area contributed by atoms with Crippen molar-refractivity contribution in [1.29, 1.82) is 0 Å². The van der Waals surface area contributed by atoms with Gasteiger partial charge in [-0.1, -0.05) is 6.92 Å². The van der Waals surface area contributed by atoms with Gasteiger partial charge in [-0.2, -0.15) is 4.31 Å². The van der Waals surface area contributed by atoms with Crippen molar-refractivity contribution >= 4 is 21.6 Å². The molecule has 1 unspecified atom stereocenters. The van der Waals surface area contributed by atoms with E-state index in [1.165, 1.54) is 10.6 Å². The molecule has 15 heavy (non-hydrogen) atoms. The molecule has 0 saturated carbocycles. The molecule has 0 aliphatic carbocycles. The van der Waals surface area contributed by atoms with Gasteiger partial charge in [0.25, 0.3) is 0 Å². The van der Waals surface area contributed by atoms with Crippen LogP contribution in [0.4, 0.5) is 0 Å². The van der Waals surface area contributed by atoms with Crippen molar-refractivity contribution in [2.45, 2.75) is 6.92 Å². The second-order valence-electron chi connectivity index (χ2n) is 4.22. The summed E-state index contributed by atoms with van der Waals surface area (Å²) in [6.07, 6.45) is 1.27. The molecular formula is C9H19ClN2O2S. The first kappa shape index (κ1) is 13.2. The second-order valence-corrected chi connectivity index (χ2v) is 6.51. The van der Waals surface area contributed by atoms with E-state index in [-0.39, 0.29) is 0 Å². The van der Waals surface area contributed by atoms with Crippen LogP contribution in [0.1, 0.15) is 6.92 Å². The lowest BCUT2D eigenvalue weighted by Crippen LogP contribution is -2.49. The fourth-order valence-electron chi connectivity index (χ4n) is 1.73. The number of halogens is 1. The molecule has 0 bridgehead atoms. The molecule has 0 amide bonds. The zero-order valence-electron chi connectivity index (χ0n) is 9.32. The Kier molecular flexibility index (Phi) is 4.83. The number of sulfonamides is 1. The van der Waals surface area contributed by atoms with E-state index in [2.05, 4.69) is 11.8 Å². The van der Waals surface area contributed by atoms with E-state index >= 15 is 0 Å². The molecule has 1 aliphatic rings. The van der Waals surface area contributed by atoms with Crippen LogP contribution < -0.4 is 0 Å². The highest BCUT2D eigenvalue weighted by Crippen LogP contribution is 2.09. The molecule has 1 saturated heterocycles. The molecule has 0 aromatic carbocycles. The van der Waals surface area contributed by atoms with Crippen LogP contribution in [0.3, 0.4) is 0 Å². The second kappa shape index (κ2) is 5.48. The predicted octanol–water partition coefficient (Wildman–Crippen LogP) is 0.439. The lowest BCUT2D eigenvalue weighted by atomic mass is 10.2. The molecule has 0 radical (unpaired) electrons. The van der Waals surface area contributed by atoms with E-state index < -0.39 is 10.0 Å². The van der Waals surface area contributed by atoms with E-state index in [0.29, 0.717) is 24.9 Å². The Balaban J connectivity index is 2.36. The van der Waals surface area contributed by atoms with Crippen LogP contribution in [0, 0.1) is 5.92 Å². The number of rotatable bonds is 4. The zero-order chi connectivity index (χ0) is 11.5. The first-order valence-corrected chi connectivity index (χ1v) is 7.55. The highest BCUT2D eigenvalue weighted by molar-refractivity contribution is 7.88. The van der Waals surface area contributed by atoms with Crippen molar-refractivity contribution in [2.24, 2.45) is 5.92 Å². The van der Waals surface area contributed by atoms with Crippen LogP contribution >= 0.6 is 11.6 Å². The Bertz CT molecular complexity index is 286. The van der Waals surface area contributed by atoms with Crippen molar-refractivity contribution in [3.05, 3.63) is 0 Å². The fourth-order valence-corrected chi connectivity index (χ4v) is 2.66. The summed E-state index contributed by atoms with van der Waals surface area (Å²) in [7, 11) is -3.00. The van der Waals surface area contributed by atoms with Crippen LogP contribution in [0.2, 0.25) is 0 Å². The first-order valence-electron chi connectivity index (χ1n) is 5.17. The molecule has 1 atom stereocenters. The maximum absolute atomic E-state index is 11.3. The highest BCUT2D eigenvalue weighted by atomic mass is 35.5. The van der Waals surface area contributed by atoms with E-state index in [0.717, 1.165) is 19.6 Å². The van der Waals surface area contributed by atoms with E-state index in [4.69, 9.17) is 11.6 Å². The molecule has 1 rings (SSSR count). The van der Waals surface area contributed by atoms with Gasteiger partial charge >= 0.3 is 0 Å². The van der Waals surface area contributed by atoms with Crippen molar-refractivity contribution in [3.8, 4) is 0 Å². The van der Waals surface area contributed by atoms with Gasteiger partial charge in [0.05, 0.1) is 6.26 Å². The number of alkyl halides is 1. The lowest BCUT2D eigenvalue weighted by molar-refractivity contribution is 0.173. The normalized spacial score (nSPS) is 22.9. The van der Waals surface area contributed by atoms with Crippen molar-refractivity contribution in [3.63, 3.8) is 0 Å². The largest absolute Gasteiger partial charge is 0.300 e. The average Bonchev–Trinajstić information content (AvgIpc) is 2.17. The minimum absolute atomic E-state index is 0.469. The number of piperazine rings is 1. The van der Waals surface area contributed by atoms with Crippen molar-refractivity contribution in [2.75, 3.05) is 44.9 Å². The quantitative estimate of drug-likeness (QED) is 0.684. The molecule has 1 fully saturated rings. The maximum atomic E-state index is 11.3. The summed E-state index contributed by atoms with van der Waals surface area (Å²) in [5.41, 5.74) is 0. The first-order chi connectivity index (χ1) is 6.93. The third-order valence-electron chi connectivity index (χ3n) is 2.63. The highest BCUT2D eigenvalue weighted by Gasteiger charge is 2.23. The smallest absolute Gasteiger partial charge is 0.211 e. The molecule has 0 aromatic rings. The summed E-state index contributed by atoms with van der Waals surface area (Å²) in [6.45, 7) is 5.90. The summed E-state index contributed by atoms with van der Waals surface area (Å²) in [4.78, 5) is 2.27. The summed E-state index contributed by atoms with van der Waals surface area (Å²) in [6, 6.07) is 0. The number of hydrogen-bond acceptors (Lipinski definition) is 3. The Labute approximate surface area is 97.2 Å². The summed E-state index contributed by atoms with van der Waals surface area (Å²) < 4.78 is 24.1. The van der Waals surface area contributed by atoms with Gasteiger partial charge in [-0.05, 0) is 5.92 Å². The molecule has 1 aliphatic heterocycles. The number of hydrogen-bond donors (Lipinski definition) is 0. The fraction of sp³-hybridized carbons (Fsp3) is 1.00. The lowest BCUT2D eigenvalue weighted by Gasteiger charge is -2.34. The van der Waals surface area contributed by atoms with Gasteiger partial charge in [-0.15, -0.1) is 11.6 Å². The Hall–Kier alpha value is 0.160.